The number of amides is 1. The number of alkyl halides is 3. The molecule has 152 valence electrons. The summed E-state index contributed by atoms with van der Waals surface area (Å²) >= 11 is 0.943. The molecule has 4 aromatic rings. The predicted octanol–water partition coefficient (Wildman–Crippen LogP) is 4.87. The van der Waals surface area contributed by atoms with Crippen molar-refractivity contribution < 1.29 is 18.0 Å². The molecule has 0 fully saturated rings. The Morgan fingerprint density at radius 3 is 2.63 bits per heavy atom. The molecule has 0 bridgehead atoms. The third-order valence-corrected chi connectivity index (χ3v) is 6.04. The van der Waals surface area contributed by atoms with Crippen molar-refractivity contribution in [1.29, 1.82) is 0 Å². The van der Waals surface area contributed by atoms with E-state index in [2.05, 4.69) is 25.8 Å². The number of carbonyl (C=O) groups is 1. The van der Waals surface area contributed by atoms with Gasteiger partial charge in [0.25, 0.3) is 5.91 Å². The lowest BCUT2D eigenvalue weighted by molar-refractivity contribution is -0.141. The molecule has 0 spiro atoms. The minimum Gasteiger partial charge on any atom is -0.360 e. The summed E-state index contributed by atoms with van der Waals surface area (Å²) in [5.41, 5.74) is 2.28. The second kappa shape index (κ2) is 6.56. The minimum atomic E-state index is -4.55. The van der Waals surface area contributed by atoms with Crippen LogP contribution in [-0.4, -0.2) is 21.1 Å². The van der Waals surface area contributed by atoms with Crippen LogP contribution in [0.25, 0.3) is 21.5 Å². The van der Waals surface area contributed by atoms with Crippen molar-refractivity contribution in [2.75, 3.05) is 5.32 Å². The number of benzene rings is 1. The number of hydrogen-bond donors (Lipinski definition) is 3. The molecule has 4 heterocycles. The number of H-pyrrole nitrogens is 1. The van der Waals surface area contributed by atoms with Crippen LogP contribution in [0.3, 0.4) is 0 Å². The van der Waals surface area contributed by atoms with Crippen LogP contribution in [0.1, 0.15) is 32.7 Å². The second-order valence-electron chi connectivity index (χ2n) is 6.93. The summed E-state index contributed by atoms with van der Waals surface area (Å²) in [4.78, 5) is 17.0. The van der Waals surface area contributed by atoms with Crippen LogP contribution in [0.2, 0.25) is 0 Å². The molecule has 1 unspecified atom stereocenters. The van der Waals surface area contributed by atoms with Crippen molar-refractivity contribution >= 4 is 33.1 Å². The molecule has 5 rings (SSSR count). The Kier molecular flexibility index (Phi) is 4.07. The fraction of sp³-hybridized carbons (Fsp3) is 0.150. The minimum absolute atomic E-state index is 0.172. The van der Waals surface area contributed by atoms with E-state index in [1.54, 1.807) is 13.1 Å². The number of aromatic amines is 1. The summed E-state index contributed by atoms with van der Waals surface area (Å²) in [6.45, 7) is 1.59. The first kappa shape index (κ1) is 18.6. The molecule has 1 aliphatic heterocycles. The third kappa shape index (κ3) is 2.91. The fourth-order valence-corrected chi connectivity index (χ4v) is 4.73. The van der Waals surface area contributed by atoms with E-state index in [1.807, 2.05) is 30.3 Å². The van der Waals surface area contributed by atoms with Crippen molar-refractivity contribution in [3.05, 3.63) is 64.3 Å². The van der Waals surface area contributed by atoms with Crippen molar-refractivity contribution in [1.82, 2.24) is 20.5 Å². The number of hydrogen-bond acceptors (Lipinski definition) is 5. The van der Waals surface area contributed by atoms with Gasteiger partial charge in [-0.2, -0.15) is 18.3 Å². The average Bonchev–Trinajstić information content (AvgIpc) is 3.33. The number of anilines is 1. The molecule has 0 saturated heterocycles. The van der Waals surface area contributed by atoms with Gasteiger partial charge in [0.05, 0.1) is 17.6 Å². The predicted molar refractivity (Wildman–Crippen MR) is 107 cm³/mol. The summed E-state index contributed by atoms with van der Waals surface area (Å²) in [6, 6.07) is 10.5. The Labute approximate surface area is 172 Å². The molecule has 0 saturated carbocycles. The van der Waals surface area contributed by atoms with E-state index >= 15 is 0 Å². The Morgan fingerprint density at radius 1 is 1.13 bits per heavy atom. The Bertz CT molecular complexity index is 1280. The molecule has 1 aliphatic rings. The molecule has 30 heavy (non-hydrogen) atoms. The van der Waals surface area contributed by atoms with Crippen LogP contribution in [0, 0.1) is 6.92 Å². The lowest BCUT2D eigenvalue weighted by Crippen LogP contribution is -2.37. The fourth-order valence-electron chi connectivity index (χ4n) is 3.61. The van der Waals surface area contributed by atoms with Gasteiger partial charge in [-0.25, -0.2) is 4.98 Å². The molecule has 3 N–H and O–H groups in total. The van der Waals surface area contributed by atoms with Gasteiger partial charge in [-0.1, -0.05) is 30.3 Å². The van der Waals surface area contributed by atoms with E-state index in [-0.39, 0.29) is 10.7 Å². The summed E-state index contributed by atoms with van der Waals surface area (Å²) < 4.78 is 39.4. The molecule has 0 aliphatic carbocycles. The number of thiophene rings is 1. The second-order valence-corrected chi connectivity index (χ2v) is 7.92. The Hall–Kier alpha value is -3.40. The highest BCUT2D eigenvalue weighted by Crippen LogP contribution is 2.43. The maximum absolute atomic E-state index is 13.1. The monoisotopic (exact) mass is 429 g/mol. The Morgan fingerprint density at radius 2 is 1.90 bits per heavy atom. The molecular weight excluding hydrogens is 415 g/mol. The van der Waals surface area contributed by atoms with Gasteiger partial charge in [-0.15, -0.1) is 11.3 Å². The highest BCUT2D eigenvalue weighted by molar-refractivity contribution is 7.21. The zero-order chi connectivity index (χ0) is 21.0. The number of nitrogens with one attached hydrogen (secondary N) is 3. The number of carbonyl (C=O) groups excluding carboxylic acids is 1. The van der Waals surface area contributed by atoms with Gasteiger partial charge in [0.2, 0.25) is 0 Å². The van der Waals surface area contributed by atoms with Crippen molar-refractivity contribution in [3.63, 3.8) is 0 Å². The van der Waals surface area contributed by atoms with Crippen LogP contribution in [0.5, 0.6) is 0 Å². The van der Waals surface area contributed by atoms with E-state index in [0.717, 1.165) is 34.2 Å². The summed E-state index contributed by atoms with van der Waals surface area (Å²) in [7, 11) is 0. The van der Waals surface area contributed by atoms with Crippen LogP contribution < -0.4 is 10.6 Å². The quantitative estimate of drug-likeness (QED) is 0.425. The largest absolute Gasteiger partial charge is 0.433 e. The van der Waals surface area contributed by atoms with Crippen LogP contribution in [0.4, 0.5) is 18.9 Å². The zero-order valence-corrected chi connectivity index (χ0v) is 16.3. The number of pyridine rings is 1. The maximum atomic E-state index is 13.1. The SMILES string of the molecule is Cc1cc(C(F)(F)F)nc2sc3c(c12)NC(c1cn[nH]c1-c1ccccc1)NC3=O. The van der Waals surface area contributed by atoms with Crippen molar-refractivity contribution in [3.8, 4) is 11.3 Å². The van der Waals surface area contributed by atoms with Crippen LogP contribution >= 0.6 is 11.3 Å². The molecule has 3 aromatic heterocycles. The number of aryl methyl sites for hydroxylation is 1. The van der Waals surface area contributed by atoms with E-state index < -0.39 is 18.0 Å². The van der Waals surface area contributed by atoms with Crippen LogP contribution in [-0.2, 0) is 6.18 Å². The van der Waals surface area contributed by atoms with Gasteiger partial charge in [0, 0.05) is 10.9 Å². The molecular formula is C20H14F3N5OS. The van der Waals surface area contributed by atoms with Gasteiger partial charge >= 0.3 is 6.18 Å². The number of nitrogens with zero attached hydrogens (tertiary/aromatic N) is 2. The summed E-state index contributed by atoms with van der Waals surface area (Å²) in [5.74, 6) is -0.370. The first-order valence-corrected chi connectivity index (χ1v) is 9.82. The zero-order valence-electron chi connectivity index (χ0n) is 15.5. The van der Waals surface area contributed by atoms with Crippen LogP contribution in [0.15, 0.2) is 42.6 Å². The molecule has 1 atom stereocenters. The molecule has 1 aromatic carbocycles. The normalized spacial score (nSPS) is 16.3. The van der Waals surface area contributed by atoms with Gasteiger partial charge in [-0.3, -0.25) is 9.89 Å². The molecule has 1 amide bonds. The van der Waals surface area contributed by atoms with Crippen molar-refractivity contribution in [2.24, 2.45) is 0 Å². The average molecular weight is 429 g/mol. The molecule has 10 heteroatoms. The topological polar surface area (TPSA) is 82.7 Å². The maximum Gasteiger partial charge on any atom is 0.433 e. The van der Waals surface area contributed by atoms with Gasteiger partial charge in [0.1, 0.15) is 21.6 Å². The summed E-state index contributed by atoms with van der Waals surface area (Å²) in [6.07, 6.45) is -3.53. The first-order chi connectivity index (χ1) is 14.3. The number of fused-ring (bicyclic) bond motifs is 3. The van der Waals surface area contributed by atoms with E-state index in [0.29, 0.717) is 21.5 Å². The third-order valence-electron chi connectivity index (χ3n) is 4.96. The summed E-state index contributed by atoms with van der Waals surface area (Å²) in [5, 5.41) is 13.7. The van der Waals surface area contributed by atoms with Gasteiger partial charge in [0.15, 0.2) is 0 Å². The highest BCUT2D eigenvalue weighted by Gasteiger charge is 2.36. The van der Waals surface area contributed by atoms with E-state index in [1.165, 1.54) is 0 Å². The van der Waals surface area contributed by atoms with E-state index in [9.17, 15) is 18.0 Å². The van der Waals surface area contributed by atoms with Crippen molar-refractivity contribution in [2.45, 2.75) is 19.3 Å². The number of aromatic nitrogens is 3. The smallest absolute Gasteiger partial charge is 0.360 e. The van der Waals surface area contributed by atoms with E-state index in [4.69, 9.17) is 0 Å². The Balaban J connectivity index is 1.60. The number of halogens is 3. The number of rotatable bonds is 2. The standard InChI is InChI=1S/C20H14F3N5OS/c1-9-7-12(20(21,22)23)25-19-13(9)15-16(30-19)18(29)27-17(26-15)11-8-24-28-14(11)10-5-3-2-4-6-10/h2-8,17,26H,1H3,(H,24,28)(H,27,29). The highest BCUT2D eigenvalue weighted by atomic mass is 32.1. The molecule has 0 radical (unpaired) electrons. The van der Waals surface area contributed by atoms with Gasteiger partial charge in [-0.05, 0) is 24.1 Å². The lowest BCUT2D eigenvalue weighted by Gasteiger charge is -2.26. The van der Waals surface area contributed by atoms with Gasteiger partial charge < -0.3 is 10.6 Å². The molecule has 6 nitrogen and oxygen atoms in total. The first-order valence-electron chi connectivity index (χ1n) is 9.00. The lowest BCUT2D eigenvalue weighted by atomic mass is 10.0.